The van der Waals surface area contributed by atoms with E-state index in [0.717, 1.165) is 37.2 Å². The van der Waals surface area contributed by atoms with E-state index in [2.05, 4.69) is 4.90 Å². The second kappa shape index (κ2) is 9.27. The van der Waals surface area contributed by atoms with Crippen LogP contribution in [0.1, 0.15) is 32.3 Å². The van der Waals surface area contributed by atoms with Gasteiger partial charge in [-0.3, -0.25) is 9.69 Å². The molecule has 3 rings (SSSR count). The lowest BCUT2D eigenvalue weighted by molar-refractivity contribution is -0.122. The average Bonchev–Trinajstić information content (AvgIpc) is 2.72. The van der Waals surface area contributed by atoms with Crippen LogP contribution in [0.3, 0.4) is 0 Å². The van der Waals surface area contributed by atoms with Crippen molar-refractivity contribution < 1.29 is 19.0 Å². The summed E-state index contributed by atoms with van der Waals surface area (Å²) in [5.41, 5.74) is 1.57. The van der Waals surface area contributed by atoms with Crippen molar-refractivity contribution in [2.75, 3.05) is 25.1 Å². The van der Waals surface area contributed by atoms with E-state index in [0.29, 0.717) is 12.3 Å². The van der Waals surface area contributed by atoms with E-state index in [1.54, 1.807) is 25.3 Å². The molecule has 1 fully saturated rings. The minimum Gasteiger partial charge on any atom is -0.504 e. The number of halogens is 1. The van der Waals surface area contributed by atoms with Gasteiger partial charge in [-0.25, -0.2) is 4.39 Å². The number of ether oxygens (including phenoxy) is 1. The zero-order chi connectivity index (χ0) is 21.0. The molecule has 0 unspecified atom stereocenters. The van der Waals surface area contributed by atoms with Gasteiger partial charge in [0.05, 0.1) is 7.11 Å². The molecule has 1 aliphatic heterocycles. The molecule has 1 N–H and O–H groups in total. The fourth-order valence-corrected chi connectivity index (χ4v) is 3.83. The summed E-state index contributed by atoms with van der Waals surface area (Å²) in [5, 5.41) is 10.3. The van der Waals surface area contributed by atoms with Gasteiger partial charge in [0.25, 0.3) is 0 Å². The van der Waals surface area contributed by atoms with Crippen LogP contribution < -0.4 is 9.64 Å². The number of anilines is 1. The van der Waals surface area contributed by atoms with Gasteiger partial charge >= 0.3 is 0 Å². The van der Waals surface area contributed by atoms with Crippen molar-refractivity contribution in [3.8, 4) is 11.5 Å². The number of hydrogen-bond donors (Lipinski definition) is 1. The van der Waals surface area contributed by atoms with E-state index in [1.807, 2.05) is 30.9 Å². The zero-order valence-electron chi connectivity index (χ0n) is 17.3. The van der Waals surface area contributed by atoms with Crippen LogP contribution in [0.15, 0.2) is 42.5 Å². The Morgan fingerprint density at radius 3 is 2.45 bits per heavy atom. The van der Waals surface area contributed by atoms with Crippen LogP contribution in [0.5, 0.6) is 11.5 Å². The van der Waals surface area contributed by atoms with Gasteiger partial charge in [0, 0.05) is 42.8 Å². The van der Waals surface area contributed by atoms with Crippen molar-refractivity contribution in [2.24, 2.45) is 5.92 Å². The quantitative estimate of drug-likeness (QED) is 0.790. The Labute approximate surface area is 171 Å². The van der Waals surface area contributed by atoms with E-state index in [1.165, 1.54) is 12.1 Å². The van der Waals surface area contributed by atoms with Gasteiger partial charge in [0.15, 0.2) is 11.5 Å². The summed E-state index contributed by atoms with van der Waals surface area (Å²) in [4.78, 5) is 17.0. The fourth-order valence-electron chi connectivity index (χ4n) is 3.83. The lowest BCUT2D eigenvalue weighted by atomic mass is 9.99. The van der Waals surface area contributed by atoms with Crippen molar-refractivity contribution >= 4 is 11.6 Å². The number of benzene rings is 2. The highest BCUT2D eigenvalue weighted by molar-refractivity contribution is 5.95. The monoisotopic (exact) mass is 400 g/mol. The molecule has 0 atom stereocenters. The molecule has 0 aromatic heterocycles. The van der Waals surface area contributed by atoms with Crippen LogP contribution in [0, 0.1) is 11.7 Å². The molecule has 1 saturated heterocycles. The summed E-state index contributed by atoms with van der Waals surface area (Å²) in [6, 6.07) is 11.7. The Hall–Kier alpha value is -2.60. The topological polar surface area (TPSA) is 53.0 Å². The molecule has 6 heteroatoms. The third-order valence-corrected chi connectivity index (χ3v) is 5.45. The first-order valence-electron chi connectivity index (χ1n) is 10.1. The van der Waals surface area contributed by atoms with E-state index < -0.39 is 0 Å². The van der Waals surface area contributed by atoms with Crippen LogP contribution in [0.25, 0.3) is 0 Å². The zero-order valence-corrected chi connectivity index (χ0v) is 17.3. The number of rotatable bonds is 6. The Balaban J connectivity index is 1.70. The smallest absolute Gasteiger partial charge is 0.229 e. The predicted molar refractivity (Wildman–Crippen MR) is 112 cm³/mol. The maximum atomic E-state index is 13.4. The molecular formula is C23H29FN2O3. The lowest BCUT2D eigenvalue weighted by Crippen LogP contribution is -2.48. The number of piperidine rings is 1. The normalized spacial score (nSPS) is 15.5. The first-order valence-corrected chi connectivity index (χ1v) is 10.1. The summed E-state index contributed by atoms with van der Waals surface area (Å²) in [6.45, 7) is 6.03. The molecule has 0 aliphatic carbocycles. The van der Waals surface area contributed by atoms with Crippen LogP contribution >= 0.6 is 0 Å². The molecule has 0 radical (unpaired) electrons. The minimum atomic E-state index is -0.307. The highest BCUT2D eigenvalue weighted by atomic mass is 19.1. The number of amides is 1. The Bertz CT molecular complexity index is 831. The Morgan fingerprint density at radius 2 is 1.86 bits per heavy atom. The van der Waals surface area contributed by atoms with E-state index in [-0.39, 0.29) is 29.4 Å². The van der Waals surface area contributed by atoms with Gasteiger partial charge in [0.2, 0.25) is 5.91 Å². The molecule has 0 spiro atoms. The van der Waals surface area contributed by atoms with Gasteiger partial charge in [0.1, 0.15) is 5.82 Å². The third-order valence-electron chi connectivity index (χ3n) is 5.45. The number of methoxy groups -OCH3 is 1. The average molecular weight is 400 g/mol. The maximum absolute atomic E-state index is 13.4. The number of carbonyl (C=O) groups excluding carboxylic acids is 1. The van der Waals surface area contributed by atoms with Crippen molar-refractivity contribution in [2.45, 2.75) is 39.3 Å². The van der Waals surface area contributed by atoms with Crippen molar-refractivity contribution in [3.05, 3.63) is 53.8 Å². The Kier molecular flexibility index (Phi) is 6.75. The van der Waals surface area contributed by atoms with Crippen LogP contribution in [-0.4, -0.2) is 42.2 Å². The number of para-hydroxylation sites is 1. The number of likely N-dealkylation sites (tertiary alicyclic amines) is 1. The summed E-state index contributed by atoms with van der Waals surface area (Å²) in [7, 11) is 1.54. The van der Waals surface area contributed by atoms with E-state index in [9.17, 15) is 14.3 Å². The summed E-state index contributed by atoms with van der Waals surface area (Å²) >= 11 is 0. The molecule has 2 aromatic rings. The number of nitrogens with zero attached hydrogens (tertiary/aromatic N) is 2. The maximum Gasteiger partial charge on any atom is 0.229 e. The van der Waals surface area contributed by atoms with Gasteiger partial charge in [-0.15, -0.1) is 0 Å². The molecule has 156 valence electrons. The SMILES string of the molecule is COc1cccc(CN2CCC(N(C(=O)C(C)C)c3ccc(F)cc3)CC2)c1O. The molecule has 0 saturated carbocycles. The minimum absolute atomic E-state index is 0.0560. The van der Waals surface area contributed by atoms with Gasteiger partial charge in [-0.05, 0) is 43.2 Å². The largest absolute Gasteiger partial charge is 0.504 e. The summed E-state index contributed by atoms with van der Waals surface area (Å²) < 4.78 is 18.5. The lowest BCUT2D eigenvalue weighted by Gasteiger charge is -2.39. The predicted octanol–water partition coefficient (Wildman–Crippen LogP) is 4.19. The van der Waals surface area contributed by atoms with E-state index in [4.69, 9.17) is 4.74 Å². The molecular weight excluding hydrogens is 371 g/mol. The van der Waals surface area contributed by atoms with Gasteiger partial charge < -0.3 is 14.7 Å². The van der Waals surface area contributed by atoms with Gasteiger partial charge in [-0.1, -0.05) is 26.0 Å². The molecule has 29 heavy (non-hydrogen) atoms. The Morgan fingerprint density at radius 1 is 1.21 bits per heavy atom. The van der Waals surface area contributed by atoms with Crippen LogP contribution in [0.4, 0.5) is 10.1 Å². The third kappa shape index (κ3) is 4.88. The molecule has 2 aromatic carbocycles. The molecule has 0 bridgehead atoms. The van der Waals surface area contributed by atoms with Crippen LogP contribution in [-0.2, 0) is 11.3 Å². The number of aromatic hydroxyl groups is 1. The molecule has 1 amide bonds. The van der Waals surface area contributed by atoms with Crippen molar-refractivity contribution in [3.63, 3.8) is 0 Å². The standard InChI is InChI=1S/C23H29FN2O3/c1-16(2)23(28)26(19-9-7-18(24)8-10-19)20-11-13-25(14-12-20)15-17-5-4-6-21(29-3)22(17)27/h4-10,16,20,27H,11-15H2,1-3H3. The summed E-state index contributed by atoms with van der Waals surface area (Å²) in [5.74, 6) is 0.272. The molecule has 1 heterocycles. The highest BCUT2D eigenvalue weighted by Gasteiger charge is 2.30. The number of hydrogen-bond acceptors (Lipinski definition) is 4. The number of phenols is 1. The molecule has 5 nitrogen and oxygen atoms in total. The fraction of sp³-hybridized carbons (Fsp3) is 0.435. The van der Waals surface area contributed by atoms with Crippen molar-refractivity contribution in [1.82, 2.24) is 4.90 Å². The highest BCUT2D eigenvalue weighted by Crippen LogP contribution is 2.32. The van der Waals surface area contributed by atoms with Gasteiger partial charge in [-0.2, -0.15) is 0 Å². The number of phenolic OH excluding ortho intramolecular Hbond substituents is 1. The summed E-state index contributed by atoms with van der Waals surface area (Å²) in [6.07, 6.45) is 1.64. The second-order valence-corrected chi connectivity index (χ2v) is 7.81. The van der Waals surface area contributed by atoms with E-state index >= 15 is 0 Å². The van der Waals surface area contributed by atoms with Crippen LogP contribution in [0.2, 0.25) is 0 Å². The van der Waals surface area contributed by atoms with Crippen molar-refractivity contribution in [1.29, 1.82) is 0 Å². The number of carbonyl (C=O) groups is 1. The second-order valence-electron chi connectivity index (χ2n) is 7.81. The first-order chi connectivity index (χ1) is 13.9. The first kappa shape index (κ1) is 21.1. The molecule has 1 aliphatic rings.